The lowest BCUT2D eigenvalue weighted by atomic mass is 10.1. The Morgan fingerprint density at radius 3 is 2.29 bits per heavy atom. The van der Waals surface area contributed by atoms with Crippen LogP contribution in [-0.2, 0) is 14.6 Å². The van der Waals surface area contributed by atoms with E-state index in [0.717, 1.165) is 0 Å². The van der Waals surface area contributed by atoms with Gasteiger partial charge in [0.1, 0.15) is 23.8 Å². The van der Waals surface area contributed by atoms with Crippen LogP contribution in [0.2, 0.25) is 0 Å². The molecule has 7 heteroatoms. The smallest absolute Gasteiger partial charge is 0.320 e. The molecule has 24 heavy (non-hydrogen) atoms. The summed E-state index contributed by atoms with van der Waals surface area (Å²) in [5.41, 5.74) is 0. The fourth-order valence-corrected chi connectivity index (χ4v) is 3.26. The summed E-state index contributed by atoms with van der Waals surface area (Å²) in [6.07, 6.45) is 0. The Morgan fingerprint density at radius 2 is 1.83 bits per heavy atom. The molecule has 1 rings (SSSR count). The molecule has 6 nitrogen and oxygen atoms in total. The maximum absolute atomic E-state index is 12.6. The summed E-state index contributed by atoms with van der Waals surface area (Å²) in [5.74, 6) is 4.64. The molecule has 2 unspecified atom stereocenters. The van der Waals surface area contributed by atoms with E-state index in [1.54, 1.807) is 32.9 Å². The predicted molar refractivity (Wildman–Crippen MR) is 91.4 cm³/mol. The molecule has 0 heterocycles. The van der Waals surface area contributed by atoms with Crippen molar-refractivity contribution in [3.8, 4) is 17.6 Å². The minimum absolute atomic E-state index is 0.101. The first-order chi connectivity index (χ1) is 11.2. The van der Waals surface area contributed by atoms with Crippen molar-refractivity contribution in [2.24, 2.45) is 5.92 Å². The highest BCUT2D eigenvalue weighted by Crippen LogP contribution is 2.20. The first kappa shape index (κ1) is 20.0. The fourth-order valence-electron chi connectivity index (χ4n) is 2.01. The standard InChI is InChI=1S/C17H23NO5S/c1-5-6-11-23-14-7-9-15(10-8-14)24(21,22)13(4)18-16(12(2)3)17(19)20/h7-10,12-13,16,18H,11H2,1-4H3,(H,19,20). The monoisotopic (exact) mass is 353 g/mol. The summed E-state index contributed by atoms with van der Waals surface area (Å²) >= 11 is 0. The first-order valence-electron chi connectivity index (χ1n) is 7.55. The van der Waals surface area contributed by atoms with Gasteiger partial charge in [0.15, 0.2) is 9.84 Å². The zero-order valence-corrected chi connectivity index (χ0v) is 15.1. The normalized spacial score (nSPS) is 13.7. The molecular formula is C17H23NO5S. The molecule has 0 saturated heterocycles. The molecule has 0 amide bonds. The number of nitrogens with one attached hydrogen (secondary N) is 1. The van der Waals surface area contributed by atoms with Crippen LogP contribution in [0.5, 0.6) is 5.75 Å². The van der Waals surface area contributed by atoms with Crippen molar-refractivity contribution in [3.63, 3.8) is 0 Å². The van der Waals surface area contributed by atoms with Crippen molar-refractivity contribution < 1.29 is 23.1 Å². The molecule has 2 atom stereocenters. The van der Waals surface area contributed by atoms with Gasteiger partial charge in [0.2, 0.25) is 0 Å². The number of aliphatic carboxylic acids is 1. The van der Waals surface area contributed by atoms with Crippen molar-refractivity contribution in [1.29, 1.82) is 0 Å². The van der Waals surface area contributed by atoms with E-state index in [1.807, 2.05) is 0 Å². The lowest BCUT2D eigenvalue weighted by Gasteiger charge is -2.23. The predicted octanol–water partition coefficient (Wildman–Crippen LogP) is 1.91. The zero-order chi connectivity index (χ0) is 18.3. The number of carboxylic acid groups (broad SMARTS) is 1. The first-order valence-corrected chi connectivity index (χ1v) is 9.10. The molecule has 132 valence electrons. The lowest BCUT2D eigenvalue weighted by molar-refractivity contribution is -0.140. The van der Waals surface area contributed by atoms with E-state index >= 15 is 0 Å². The minimum atomic E-state index is -3.70. The van der Waals surface area contributed by atoms with Crippen LogP contribution in [0, 0.1) is 17.8 Å². The topological polar surface area (TPSA) is 92.7 Å². The Balaban J connectivity index is 2.89. The van der Waals surface area contributed by atoms with E-state index < -0.39 is 27.2 Å². The third-order valence-corrected chi connectivity index (χ3v) is 5.45. The molecular weight excluding hydrogens is 330 g/mol. The second kappa shape index (κ2) is 8.71. The van der Waals surface area contributed by atoms with Crippen molar-refractivity contribution in [2.75, 3.05) is 6.61 Å². The van der Waals surface area contributed by atoms with Crippen LogP contribution in [0.1, 0.15) is 27.7 Å². The van der Waals surface area contributed by atoms with E-state index in [1.165, 1.54) is 19.1 Å². The molecule has 0 radical (unpaired) electrons. The third kappa shape index (κ3) is 5.25. The van der Waals surface area contributed by atoms with E-state index in [9.17, 15) is 18.3 Å². The highest BCUT2D eigenvalue weighted by Gasteiger charge is 2.30. The maximum Gasteiger partial charge on any atom is 0.320 e. The summed E-state index contributed by atoms with van der Waals surface area (Å²) in [4.78, 5) is 11.3. The van der Waals surface area contributed by atoms with E-state index in [-0.39, 0.29) is 17.4 Å². The number of carbonyl (C=O) groups is 1. The van der Waals surface area contributed by atoms with Gasteiger partial charge >= 0.3 is 5.97 Å². The van der Waals surface area contributed by atoms with Gasteiger partial charge in [0, 0.05) is 0 Å². The van der Waals surface area contributed by atoms with Crippen LogP contribution in [0.15, 0.2) is 29.2 Å². The fraction of sp³-hybridized carbons (Fsp3) is 0.471. The van der Waals surface area contributed by atoms with Gasteiger partial charge in [-0.2, -0.15) is 0 Å². The van der Waals surface area contributed by atoms with E-state index in [0.29, 0.717) is 5.75 Å². The molecule has 0 bridgehead atoms. The molecule has 0 aliphatic carbocycles. The van der Waals surface area contributed by atoms with Crippen LogP contribution in [0.4, 0.5) is 0 Å². The number of benzene rings is 1. The molecule has 0 aliphatic heterocycles. The summed E-state index contributed by atoms with van der Waals surface area (Å²) in [7, 11) is -3.70. The SMILES string of the molecule is CC#CCOc1ccc(S(=O)(=O)C(C)NC(C(=O)O)C(C)C)cc1. The average Bonchev–Trinajstić information content (AvgIpc) is 2.52. The largest absolute Gasteiger partial charge is 0.481 e. The van der Waals surface area contributed by atoms with Gasteiger partial charge < -0.3 is 9.84 Å². The van der Waals surface area contributed by atoms with Gasteiger partial charge in [-0.3, -0.25) is 10.1 Å². The highest BCUT2D eigenvalue weighted by atomic mass is 32.2. The van der Waals surface area contributed by atoms with E-state index in [2.05, 4.69) is 17.2 Å². The van der Waals surface area contributed by atoms with Gasteiger partial charge in [0.25, 0.3) is 0 Å². The van der Waals surface area contributed by atoms with Gasteiger partial charge in [-0.15, -0.1) is 5.92 Å². The number of hydrogen-bond acceptors (Lipinski definition) is 5. The maximum atomic E-state index is 12.6. The Kier molecular flexibility index (Phi) is 7.26. The molecule has 0 fully saturated rings. The summed E-state index contributed by atoms with van der Waals surface area (Å²) in [6, 6.07) is 5.04. The lowest BCUT2D eigenvalue weighted by Crippen LogP contribution is -2.48. The van der Waals surface area contributed by atoms with Gasteiger partial charge in [-0.25, -0.2) is 8.42 Å². The Bertz CT molecular complexity index is 714. The van der Waals surface area contributed by atoms with Crippen molar-refractivity contribution >= 4 is 15.8 Å². The molecule has 1 aromatic carbocycles. The van der Waals surface area contributed by atoms with Gasteiger partial charge in [0.05, 0.1) is 4.90 Å². The van der Waals surface area contributed by atoms with Crippen LogP contribution < -0.4 is 10.1 Å². The Labute approximate surface area is 143 Å². The molecule has 0 spiro atoms. The number of carboxylic acids is 1. The molecule has 0 saturated carbocycles. The quantitative estimate of drug-likeness (QED) is 0.694. The summed E-state index contributed by atoms with van der Waals surface area (Å²) in [6.45, 7) is 6.81. The van der Waals surface area contributed by atoms with Crippen molar-refractivity contribution in [2.45, 2.75) is 44.0 Å². The van der Waals surface area contributed by atoms with Crippen LogP contribution in [-0.4, -0.2) is 37.5 Å². The minimum Gasteiger partial charge on any atom is -0.481 e. The van der Waals surface area contributed by atoms with Gasteiger partial charge in [-0.05, 0) is 44.0 Å². The molecule has 1 aromatic rings. The van der Waals surface area contributed by atoms with Crippen molar-refractivity contribution in [3.05, 3.63) is 24.3 Å². The highest BCUT2D eigenvalue weighted by molar-refractivity contribution is 7.92. The molecule has 0 aromatic heterocycles. The second-order valence-corrected chi connectivity index (χ2v) is 7.87. The number of hydrogen-bond donors (Lipinski definition) is 2. The van der Waals surface area contributed by atoms with Crippen LogP contribution >= 0.6 is 0 Å². The third-order valence-electron chi connectivity index (χ3n) is 3.45. The van der Waals surface area contributed by atoms with Crippen LogP contribution in [0.25, 0.3) is 0 Å². The van der Waals surface area contributed by atoms with Gasteiger partial charge in [-0.1, -0.05) is 19.8 Å². The zero-order valence-electron chi connectivity index (χ0n) is 14.2. The number of sulfone groups is 1. The molecule has 0 aliphatic rings. The summed E-state index contributed by atoms with van der Waals surface area (Å²) < 4.78 is 30.5. The summed E-state index contributed by atoms with van der Waals surface area (Å²) in [5, 5.41) is 10.8. The number of ether oxygens (including phenoxy) is 1. The number of rotatable bonds is 8. The Morgan fingerprint density at radius 1 is 1.25 bits per heavy atom. The molecule has 2 N–H and O–H groups in total. The van der Waals surface area contributed by atoms with E-state index in [4.69, 9.17) is 4.74 Å². The van der Waals surface area contributed by atoms with Crippen molar-refractivity contribution in [1.82, 2.24) is 5.32 Å². The average molecular weight is 353 g/mol. The van der Waals surface area contributed by atoms with Crippen LogP contribution in [0.3, 0.4) is 0 Å². The second-order valence-electron chi connectivity index (χ2n) is 5.60. The Hall–Kier alpha value is -2.04.